The second kappa shape index (κ2) is 5.58. The van der Waals surface area contributed by atoms with Gasteiger partial charge in [0.1, 0.15) is 0 Å². The van der Waals surface area contributed by atoms with E-state index >= 15 is 0 Å². The summed E-state index contributed by atoms with van der Waals surface area (Å²) in [6, 6.07) is 10.5. The highest BCUT2D eigenvalue weighted by Gasteiger charge is 2.03. The molecule has 0 unspecified atom stereocenters. The van der Waals surface area contributed by atoms with Crippen LogP contribution in [0.15, 0.2) is 42.7 Å². The first-order valence-corrected chi connectivity index (χ1v) is 6.17. The van der Waals surface area contributed by atoms with E-state index in [0.29, 0.717) is 11.5 Å². The lowest BCUT2D eigenvalue weighted by Crippen LogP contribution is -1.96. The van der Waals surface area contributed by atoms with Gasteiger partial charge in [0.05, 0.1) is 0 Å². The maximum Gasteiger partial charge on any atom is 0.151 e. The van der Waals surface area contributed by atoms with Crippen LogP contribution in [-0.4, -0.2) is 11.3 Å². The van der Waals surface area contributed by atoms with E-state index in [-0.39, 0.29) is 0 Å². The smallest absolute Gasteiger partial charge is 0.151 e. The van der Waals surface area contributed by atoms with Crippen LogP contribution in [0.4, 0.5) is 0 Å². The molecule has 0 aliphatic rings. The largest absolute Gasteiger partial charge is 0.298 e. The summed E-state index contributed by atoms with van der Waals surface area (Å²) < 4.78 is 0. The highest BCUT2D eigenvalue weighted by Crippen LogP contribution is 2.17. The second-order valence-electron chi connectivity index (χ2n) is 4.77. The number of rotatable bonds is 4. The van der Waals surface area contributed by atoms with Gasteiger partial charge in [-0.05, 0) is 35.1 Å². The van der Waals surface area contributed by atoms with Gasteiger partial charge in [-0.25, -0.2) is 0 Å². The van der Waals surface area contributed by atoms with E-state index in [2.05, 4.69) is 43.1 Å². The summed E-state index contributed by atoms with van der Waals surface area (Å²) in [7, 11) is 0. The van der Waals surface area contributed by atoms with Crippen molar-refractivity contribution < 1.29 is 4.79 Å². The Balaban J connectivity index is 2.21. The Hall–Kier alpha value is -1.96. The summed E-state index contributed by atoms with van der Waals surface area (Å²) in [5.41, 5.74) is 4.25. The molecule has 2 rings (SSSR count). The first-order chi connectivity index (χ1) is 8.70. The van der Waals surface area contributed by atoms with E-state index in [4.69, 9.17) is 0 Å². The van der Waals surface area contributed by atoms with E-state index in [0.717, 1.165) is 18.3 Å². The maximum atomic E-state index is 10.9. The average Bonchev–Trinajstić information content (AvgIpc) is 2.40. The third-order valence-electron chi connectivity index (χ3n) is 3.11. The molecule has 18 heavy (non-hydrogen) atoms. The topological polar surface area (TPSA) is 30.0 Å². The molecule has 0 atom stereocenters. The molecule has 0 N–H and O–H groups in total. The number of carbonyl (C=O) groups excluding carboxylic acids is 1. The van der Waals surface area contributed by atoms with Gasteiger partial charge in [-0.3, -0.25) is 9.78 Å². The molecule has 0 radical (unpaired) electrons. The average molecular weight is 239 g/mol. The van der Waals surface area contributed by atoms with Crippen molar-refractivity contribution in [3.63, 3.8) is 0 Å². The number of hydrogen-bond donors (Lipinski definition) is 0. The van der Waals surface area contributed by atoms with Crippen molar-refractivity contribution in [3.05, 3.63) is 65.0 Å². The molecule has 0 bridgehead atoms. The van der Waals surface area contributed by atoms with Crippen LogP contribution in [-0.2, 0) is 6.42 Å². The molecule has 1 aromatic heterocycles. The van der Waals surface area contributed by atoms with Crippen LogP contribution in [0.1, 0.15) is 46.8 Å². The number of hydrogen-bond acceptors (Lipinski definition) is 2. The van der Waals surface area contributed by atoms with Gasteiger partial charge in [0, 0.05) is 18.0 Å². The zero-order valence-electron chi connectivity index (χ0n) is 10.8. The highest BCUT2D eigenvalue weighted by molar-refractivity contribution is 5.76. The number of aromatic nitrogens is 1. The SMILES string of the molecule is CC(C)c1ccc(Cc2ccncc2C=O)cc1. The number of aldehydes is 1. The van der Waals surface area contributed by atoms with Crippen molar-refractivity contribution in [2.45, 2.75) is 26.2 Å². The van der Waals surface area contributed by atoms with Crippen molar-refractivity contribution in [2.24, 2.45) is 0 Å². The standard InChI is InChI=1S/C16H17NO/c1-12(2)14-5-3-13(4-6-14)9-15-7-8-17-10-16(15)11-18/h3-8,10-12H,9H2,1-2H3. The van der Waals surface area contributed by atoms with Crippen molar-refractivity contribution >= 4 is 6.29 Å². The molecule has 0 aliphatic carbocycles. The Morgan fingerprint density at radius 3 is 2.50 bits per heavy atom. The van der Waals surface area contributed by atoms with Crippen LogP contribution in [0.5, 0.6) is 0 Å². The summed E-state index contributed by atoms with van der Waals surface area (Å²) >= 11 is 0. The van der Waals surface area contributed by atoms with E-state index in [1.165, 1.54) is 11.1 Å². The van der Waals surface area contributed by atoms with E-state index < -0.39 is 0 Å². The lowest BCUT2D eigenvalue weighted by Gasteiger charge is -2.08. The van der Waals surface area contributed by atoms with Gasteiger partial charge in [-0.2, -0.15) is 0 Å². The molecule has 1 aromatic carbocycles. The van der Waals surface area contributed by atoms with Crippen molar-refractivity contribution in [2.75, 3.05) is 0 Å². The minimum atomic E-state index is 0.547. The number of benzene rings is 1. The Labute approximate surface area is 108 Å². The highest BCUT2D eigenvalue weighted by atomic mass is 16.1. The van der Waals surface area contributed by atoms with Gasteiger partial charge in [0.15, 0.2) is 6.29 Å². The van der Waals surface area contributed by atoms with Crippen molar-refractivity contribution in [1.29, 1.82) is 0 Å². The molecule has 0 aliphatic heterocycles. The van der Waals surface area contributed by atoms with Crippen molar-refractivity contribution in [1.82, 2.24) is 4.98 Å². The van der Waals surface area contributed by atoms with Gasteiger partial charge in [-0.1, -0.05) is 38.1 Å². The summed E-state index contributed by atoms with van der Waals surface area (Å²) in [6.45, 7) is 4.37. The van der Waals surface area contributed by atoms with Gasteiger partial charge >= 0.3 is 0 Å². The Kier molecular flexibility index (Phi) is 3.88. The van der Waals surface area contributed by atoms with Crippen molar-refractivity contribution in [3.8, 4) is 0 Å². The Bertz CT molecular complexity index is 529. The molecule has 0 saturated carbocycles. The van der Waals surface area contributed by atoms with E-state index in [1.807, 2.05) is 6.07 Å². The fourth-order valence-corrected chi connectivity index (χ4v) is 1.94. The minimum Gasteiger partial charge on any atom is -0.298 e. The summed E-state index contributed by atoms with van der Waals surface area (Å²) in [5, 5.41) is 0. The first kappa shape index (κ1) is 12.5. The molecule has 2 heteroatoms. The molecule has 0 amide bonds. The normalized spacial score (nSPS) is 10.6. The van der Waals surface area contributed by atoms with E-state index in [9.17, 15) is 4.79 Å². The monoisotopic (exact) mass is 239 g/mol. The predicted octanol–water partition coefficient (Wildman–Crippen LogP) is 3.61. The van der Waals surface area contributed by atoms with Crippen LogP contribution < -0.4 is 0 Å². The van der Waals surface area contributed by atoms with Crippen LogP contribution in [0.3, 0.4) is 0 Å². The first-order valence-electron chi connectivity index (χ1n) is 6.17. The van der Waals surface area contributed by atoms with Gasteiger partial charge in [-0.15, -0.1) is 0 Å². The Morgan fingerprint density at radius 1 is 1.17 bits per heavy atom. The van der Waals surface area contributed by atoms with Crippen LogP contribution >= 0.6 is 0 Å². The Morgan fingerprint density at radius 2 is 1.89 bits per heavy atom. The van der Waals surface area contributed by atoms with Crippen LogP contribution in [0.25, 0.3) is 0 Å². The predicted molar refractivity (Wildman–Crippen MR) is 73.0 cm³/mol. The lowest BCUT2D eigenvalue weighted by atomic mass is 9.98. The van der Waals surface area contributed by atoms with Gasteiger partial charge in [0.25, 0.3) is 0 Å². The maximum absolute atomic E-state index is 10.9. The van der Waals surface area contributed by atoms with Crippen LogP contribution in [0.2, 0.25) is 0 Å². The van der Waals surface area contributed by atoms with Gasteiger partial charge < -0.3 is 0 Å². The third-order valence-corrected chi connectivity index (χ3v) is 3.11. The third kappa shape index (κ3) is 2.83. The van der Waals surface area contributed by atoms with Crippen LogP contribution in [0, 0.1) is 0 Å². The van der Waals surface area contributed by atoms with E-state index in [1.54, 1.807) is 12.4 Å². The number of nitrogens with zero attached hydrogens (tertiary/aromatic N) is 1. The minimum absolute atomic E-state index is 0.547. The summed E-state index contributed by atoms with van der Waals surface area (Å²) in [4.78, 5) is 14.9. The fraction of sp³-hybridized carbons (Fsp3) is 0.250. The zero-order valence-corrected chi connectivity index (χ0v) is 10.8. The van der Waals surface area contributed by atoms with Gasteiger partial charge in [0.2, 0.25) is 0 Å². The molecule has 0 saturated heterocycles. The number of carbonyl (C=O) groups is 1. The lowest BCUT2D eigenvalue weighted by molar-refractivity contribution is 0.112. The molecule has 0 fully saturated rings. The second-order valence-corrected chi connectivity index (χ2v) is 4.77. The summed E-state index contributed by atoms with van der Waals surface area (Å²) in [5.74, 6) is 0.547. The molecule has 2 aromatic rings. The molecule has 1 heterocycles. The molecule has 92 valence electrons. The fourth-order valence-electron chi connectivity index (χ4n) is 1.94. The zero-order chi connectivity index (χ0) is 13.0. The molecular weight excluding hydrogens is 222 g/mol. The summed E-state index contributed by atoms with van der Waals surface area (Å²) in [6.07, 6.45) is 4.98. The molecule has 2 nitrogen and oxygen atoms in total. The quantitative estimate of drug-likeness (QED) is 0.763. The molecule has 0 spiro atoms. The molecular formula is C16H17NO. The number of pyridine rings is 1.